The lowest BCUT2D eigenvalue weighted by molar-refractivity contribution is 1.37. The van der Waals surface area contributed by atoms with E-state index in [1.165, 1.54) is 0 Å². The molecule has 0 saturated carbocycles. The number of hydrogen-bond donors (Lipinski definition) is 2. The zero-order chi connectivity index (χ0) is 20.1. The minimum Gasteiger partial charge on any atom is -0.384 e. The number of nitrogens with zero attached hydrogens (tertiary/aromatic N) is 1. The van der Waals surface area contributed by atoms with E-state index in [4.69, 9.17) is 11.1 Å². The van der Waals surface area contributed by atoms with Crippen molar-refractivity contribution in [2.24, 2.45) is 5.73 Å². The fraction of sp³-hybridized carbons (Fsp3) is 0. The van der Waals surface area contributed by atoms with Crippen molar-refractivity contribution in [2.75, 3.05) is 0 Å². The van der Waals surface area contributed by atoms with Crippen LogP contribution < -0.4 is 5.73 Å². The van der Waals surface area contributed by atoms with Gasteiger partial charge in [0.1, 0.15) is 5.84 Å². The normalized spacial score (nSPS) is 11.4. The highest BCUT2D eigenvalue weighted by atomic mass is 14.7. The third-order valence-electron chi connectivity index (χ3n) is 4.67. The molecule has 0 aliphatic rings. The largest absolute Gasteiger partial charge is 0.384 e. The van der Waals surface area contributed by atoms with E-state index in [0.717, 1.165) is 38.9 Å². The number of nitrogens with one attached hydrogen (secondary N) is 1. The summed E-state index contributed by atoms with van der Waals surface area (Å²) in [6, 6.07) is 28.2. The molecule has 29 heavy (non-hydrogen) atoms. The van der Waals surface area contributed by atoms with Gasteiger partial charge in [-0.1, -0.05) is 85.0 Å². The number of aromatic nitrogens is 1. The van der Waals surface area contributed by atoms with E-state index >= 15 is 0 Å². The Hall–Kier alpha value is -3.98. The molecule has 3 N–H and O–H groups in total. The molecule has 4 rings (SSSR count). The van der Waals surface area contributed by atoms with Gasteiger partial charge >= 0.3 is 0 Å². The van der Waals surface area contributed by atoms with Crippen LogP contribution in [0.25, 0.3) is 35.2 Å². The number of rotatable bonds is 5. The summed E-state index contributed by atoms with van der Waals surface area (Å²) in [6.45, 7) is 0. The maximum atomic E-state index is 7.54. The van der Waals surface area contributed by atoms with Crippen molar-refractivity contribution < 1.29 is 0 Å². The minimum atomic E-state index is 0.0808. The molecule has 3 heteroatoms. The Morgan fingerprint density at radius 3 is 2.14 bits per heavy atom. The lowest BCUT2D eigenvalue weighted by Crippen LogP contribution is -2.10. The van der Waals surface area contributed by atoms with Gasteiger partial charge in [-0.2, -0.15) is 0 Å². The Morgan fingerprint density at radius 1 is 0.690 bits per heavy atom. The molecule has 0 aliphatic heterocycles. The van der Waals surface area contributed by atoms with Crippen LogP contribution >= 0.6 is 0 Å². The van der Waals surface area contributed by atoms with Crippen LogP contribution in [-0.4, -0.2) is 10.8 Å². The van der Waals surface area contributed by atoms with Gasteiger partial charge in [-0.15, -0.1) is 0 Å². The van der Waals surface area contributed by atoms with Gasteiger partial charge in [0.2, 0.25) is 0 Å². The van der Waals surface area contributed by atoms with Crippen molar-refractivity contribution >= 4 is 41.0 Å². The SMILES string of the molecule is N=C(N)c1cccc(/C=C/c2ccc(/C=C/c3ccc4ccccc4n3)cc2)c1. The summed E-state index contributed by atoms with van der Waals surface area (Å²) < 4.78 is 0. The van der Waals surface area contributed by atoms with Crippen LogP contribution in [0.1, 0.15) is 27.9 Å². The Kier molecular flexibility index (Phi) is 5.30. The molecule has 0 aliphatic carbocycles. The van der Waals surface area contributed by atoms with Crippen molar-refractivity contribution in [1.29, 1.82) is 5.41 Å². The van der Waals surface area contributed by atoms with Gasteiger partial charge < -0.3 is 5.73 Å². The first-order valence-electron chi connectivity index (χ1n) is 9.44. The van der Waals surface area contributed by atoms with Gasteiger partial charge in [0.15, 0.2) is 0 Å². The number of benzene rings is 3. The lowest BCUT2D eigenvalue weighted by Gasteiger charge is -2.00. The maximum Gasteiger partial charge on any atom is 0.122 e. The highest BCUT2D eigenvalue weighted by molar-refractivity contribution is 5.95. The van der Waals surface area contributed by atoms with E-state index in [2.05, 4.69) is 53.5 Å². The summed E-state index contributed by atoms with van der Waals surface area (Å²) in [5.41, 5.74) is 11.5. The second kappa shape index (κ2) is 8.36. The second-order valence-electron chi connectivity index (χ2n) is 6.80. The van der Waals surface area contributed by atoms with Crippen molar-refractivity contribution in [2.45, 2.75) is 0 Å². The van der Waals surface area contributed by atoms with Gasteiger partial charge in [-0.05, 0) is 41.0 Å². The van der Waals surface area contributed by atoms with Crippen molar-refractivity contribution in [3.05, 3.63) is 113 Å². The van der Waals surface area contributed by atoms with E-state index in [1.807, 2.05) is 60.7 Å². The first kappa shape index (κ1) is 18.4. The maximum absolute atomic E-state index is 7.54. The number of fused-ring (bicyclic) bond motifs is 1. The van der Waals surface area contributed by atoms with E-state index in [9.17, 15) is 0 Å². The molecule has 140 valence electrons. The second-order valence-corrected chi connectivity index (χ2v) is 6.80. The molecule has 0 bridgehead atoms. The summed E-state index contributed by atoms with van der Waals surface area (Å²) in [6.07, 6.45) is 8.18. The number of para-hydroxylation sites is 1. The molecular formula is C26H21N3. The van der Waals surface area contributed by atoms with Gasteiger partial charge in [-0.3, -0.25) is 5.41 Å². The van der Waals surface area contributed by atoms with Gasteiger partial charge in [0.05, 0.1) is 11.2 Å². The predicted octanol–water partition coefficient (Wildman–Crippen LogP) is 5.86. The molecule has 3 nitrogen and oxygen atoms in total. The molecule has 1 heterocycles. The van der Waals surface area contributed by atoms with Crippen LogP contribution in [0, 0.1) is 5.41 Å². The van der Waals surface area contributed by atoms with E-state index in [1.54, 1.807) is 0 Å². The summed E-state index contributed by atoms with van der Waals surface area (Å²) in [5, 5.41) is 8.68. The van der Waals surface area contributed by atoms with E-state index in [0.29, 0.717) is 0 Å². The number of hydrogen-bond acceptors (Lipinski definition) is 2. The molecular weight excluding hydrogens is 354 g/mol. The Balaban J connectivity index is 1.46. The smallest absolute Gasteiger partial charge is 0.122 e. The van der Waals surface area contributed by atoms with Gasteiger partial charge in [0.25, 0.3) is 0 Å². The lowest BCUT2D eigenvalue weighted by atomic mass is 10.1. The van der Waals surface area contributed by atoms with E-state index < -0.39 is 0 Å². The molecule has 0 unspecified atom stereocenters. The molecule has 0 radical (unpaired) electrons. The van der Waals surface area contributed by atoms with Crippen LogP contribution in [0.3, 0.4) is 0 Å². The number of nitrogens with two attached hydrogens (primary N) is 1. The first-order chi connectivity index (χ1) is 14.2. The van der Waals surface area contributed by atoms with Crippen molar-refractivity contribution in [3.63, 3.8) is 0 Å². The van der Waals surface area contributed by atoms with Crippen molar-refractivity contribution in [3.8, 4) is 0 Å². The molecule has 0 amide bonds. The number of pyridine rings is 1. The van der Waals surface area contributed by atoms with Crippen LogP contribution in [0.4, 0.5) is 0 Å². The first-order valence-corrected chi connectivity index (χ1v) is 9.44. The van der Waals surface area contributed by atoms with Gasteiger partial charge in [-0.25, -0.2) is 4.98 Å². The summed E-state index contributed by atoms with van der Waals surface area (Å²) in [5.74, 6) is 0.0808. The highest BCUT2D eigenvalue weighted by Crippen LogP contribution is 2.15. The topological polar surface area (TPSA) is 62.8 Å². The minimum absolute atomic E-state index is 0.0808. The van der Waals surface area contributed by atoms with Crippen LogP contribution in [0.2, 0.25) is 0 Å². The monoisotopic (exact) mass is 375 g/mol. The average molecular weight is 375 g/mol. The number of amidine groups is 1. The van der Waals surface area contributed by atoms with Gasteiger partial charge in [0, 0.05) is 10.9 Å². The summed E-state index contributed by atoms with van der Waals surface area (Å²) >= 11 is 0. The standard InChI is InChI=1S/C26H21N3/c27-26(28)23-6-3-4-21(18-23)13-12-19-8-10-20(11-9-19)14-16-24-17-15-22-5-1-2-7-25(22)29-24/h1-18H,(H3,27,28)/b13-12+,16-14+. The summed E-state index contributed by atoms with van der Waals surface area (Å²) in [4.78, 5) is 4.67. The Labute approximate surface area is 170 Å². The third kappa shape index (κ3) is 4.66. The number of nitrogen functional groups attached to an aromatic ring is 1. The zero-order valence-electron chi connectivity index (χ0n) is 15.9. The molecule has 3 aromatic carbocycles. The fourth-order valence-corrected chi connectivity index (χ4v) is 3.08. The summed E-state index contributed by atoms with van der Waals surface area (Å²) in [7, 11) is 0. The predicted molar refractivity (Wildman–Crippen MR) is 123 cm³/mol. The quantitative estimate of drug-likeness (QED) is 0.261. The molecule has 4 aromatic rings. The molecule has 0 atom stereocenters. The molecule has 0 spiro atoms. The fourth-order valence-electron chi connectivity index (χ4n) is 3.08. The van der Waals surface area contributed by atoms with E-state index in [-0.39, 0.29) is 5.84 Å². The molecule has 1 aromatic heterocycles. The van der Waals surface area contributed by atoms with Crippen LogP contribution in [0.5, 0.6) is 0 Å². The van der Waals surface area contributed by atoms with Crippen molar-refractivity contribution in [1.82, 2.24) is 4.98 Å². The van der Waals surface area contributed by atoms with Crippen LogP contribution in [-0.2, 0) is 0 Å². The molecule has 0 fully saturated rings. The molecule has 0 saturated heterocycles. The Morgan fingerprint density at radius 2 is 1.38 bits per heavy atom. The van der Waals surface area contributed by atoms with Crippen LogP contribution in [0.15, 0.2) is 84.9 Å². The average Bonchev–Trinajstić information content (AvgIpc) is 2.77. The third-order valence-corrected chi connectivity index (χ3v) is 4.67. The Bertz CT molecular complexity index is 1220. The zero-order valence-corrected chi connectivity index (χ0v) is 15.9. The highest BCUT2D eigenvalue weighted by Gasteiger charge is 1.97.